The first-order valence-electron chi connectivity index (χ1n) is 11.3. The average Bonchev–Trinajstić information content (AvgIpc) is 3.62. The first-order chi connectivity index (χ1) is 16.1. The molecule has 2 aromatic carbocycles. The van der Waals surface area contributed by atoms with Crippen LogP contribution in [0.1, 0.15) is 48.5 Å². The van der Waals surface area contributed by atoms with Gasteiger partial charge in [0.15, 0.2) is 5.84 Å². The van der Waals surface area contributed by atoms with Crippen molar-refractivity contribution in [2.75, 3.05) is 18.0 Å². The number of ether oxygens (including phenoxy) is 1. The van der Waals surface area contributed by atoms with Crippen LogP contribution in [0.2, 0.25) is 5.02 Å². The van der Waals surface area contributed by atoms with Crippen molar-refractivity contribution in [3.05, 3.63) is 70.4 Å². The van der Waals surface area contributed by atoms with Gasteiger partial charge in [-0.15, -0.1) is 0 Å². The topological polar surface area (TPSA) is 97.1 Å². The van der Waals surface area contributed by atoms with Crippen molar-refractivity contribution < 1.29 is 14.5 Å². The molecule has 0 bridgehead atoms. The zero-order valence-electron chi connectivity index (χ0n) is 18.3. The number of benzene rings is 2. The average molecular weight is 467 g/mol. The van der Waals surface area contributed by atoms with Crippen LogP contribution in [0, 0.1) is 0 Å². The largest absolute Gasteiger partial charge is 0.409 e. The lowest BCUT2D eigenvalue weighted by atomic mass is 10.0. The molecule has 3 N–H and O–H groups in total. The second-order valence-corrected chi connectivity index (χ2v) is 9.06. The molecule has 0 radical (unpaired) electrons. The van der Waals surface area contributed by atoms with Crippen LogP contribution in [0.25, 0.3) is 11.3 Å². The molecule has 1 saturated carbocycles. The van der Waals surface area contributed by atoms with Gasteiger partial charge in [0.1, 0.15) is 11.5 Å². The molecule has 1 aliphatic heterocycles. The minimum absolute atomic E-state index is 0.115. The smallest absolute Gasteiger partial charge is 0.170 e. The number of rotatable bonds is 7. The fraction of sp³-hybridized carbons (Fsp3) is 0.360. The Hall–Kier alpha value is -3.03. The molecule has 2 aliphatic rings. The lowest BCUT2D eigenvalue weighted by Gasteiger charge is -2.33. The van der Waals surface area contributed by atoms with Gasteiger partial charge in [-0.2, -0.15) is 0 Å². The highest BCUT2D eigenvalue weighted by atomic mass is 35.5. The summed E-state index contributed by atoms with van der Waals surface area (Å²) in [4.78, 5) is 2.33. The molecule has 7 nitrogen and oxygen atoms in total. The highest BCUT2D eigenvalue weighted by Crippen LogP contribution is 2.45. The van der Waals surface area contributed by atoms with E-state index in [1.165, 1.54) is 0 Å². The van der Waals surface area contributed by atoms with Gasteiger partial charge in [-0.25, -0.2) is 0 Å². The van der Waals surface area contributed by atoms with Gasteiger partial charge in [-0.05, 0) is 56.0 Å². The molecular weight excluding hydrogens is 440 g/mol. The van der Waals surface area contributed by atoms with Crippen LogP contribution in [0.3, 0.4) is 0 Å². The molecule has 33 heavy (non-hydrogen) atoms. The summed E-state index contributed by atoms with van der Waals surface area (Å²) < 4.78 is 12.1. The summed E-state index contributed by atoms with van der Waals surface area (Å²) in [6, 6.07) is 15.5. The van der Waals surface area contributed by atoms with Gasteiger partial charge in [0.05, 0.1) is 17.7 Å². The van der Waals surface area contributed by atoms with E-state index in [4.69, 9.17) is 31.8 Å². The molecule has 1 aliphatic carbocycles. The number of oxime groups is 1. The van der Waals surface area contributed by atoms with Crippen molar-refractivity contribution in [1.82, 2.24) is 5.16 Å². The first-order valence-corrected chi connectivity index (χ1v) is 11.7. The second kappa shape index (κ2) is 9.45. The summed E-state index contributed by atoms with van der Waals surface area (Å²) >= 11 is 6.44. The number of hydrogen-bond acceptors (Lipinski definition) is 6. The number of piperidine rings is 1. The molecule has 172 valence electrons. The van der Waals surface area contributed by atoms with E-state index in [-0.39, 0.29) is 11.9 Å². The van der Waals surface area contributed by atoms with Crippen LogP contribution < -0.4 is 10.6 Å². The summed E-state index contributed by atoms with van der Waals surface area (Å²) in [5.74, 6) is 1.51. The predicted molar refractivity (Wildman–Crippen MR) is 128 cm³/mol. The van der Waals surface area contributed by atoms with Gasteiger partial charge < -0.3 is 25.1 Å². The van der Waals surface area contributed by atoms with Gasteiger partial charge in [-0.3, -0.25) is 0 Å². The van der Waals surface area contributed by atoms with E-state index in [2.05, 4.69) is 15.2 Å². The zero-order valence-corrected chi connectivity index (χ0v) is 19.0. The van der Waals surface area contributed by atoms with Gasteiger partial charge in [0, 0.05) is 41.4 Å². The lowest BCUT2D eigenvalue weighted by molar-refractivity contribution is 0.0246. The third-order valence-electron chi connectivity index (χ3n) is 6.44. The third-order valence-corrected chi connectivity index (χ3v) is 6.77. The summed E-state index contributed by atoms with van der Waals surface area (Å²) in [7, 11) is 0. The van der Waals surface area contributed by atoms with Crippen molar-refractivity contribution in [2.24, 2.45) is 10.9 Å². The normalized spacial score (nSPS) is 17.5. The van der Waals surface area contributed by atoms with Crippen LogP contribution in [0.5, 0.6) is 0 Å². The summed E-state index contributed by atoms with van der Waals surface area (Å²) in [5.41, 5.74) is 10.2. The Morgan fingerprint density at radius 2 is 1.85 bits per heavy atom. The van der Waals surface area contributed by atoms with Crippen molar-refractivity contribution in [2.45, 2.75) is 44.3 Å². The third kappa shape index (κ3) is 4.70. The molecule has 1 saturated heterocycles. The predicted octanol–water partition coefficient (Wildman–Crippen LogP) is 5.15. The molecular formula is C25H27ClN4O3. The van der Waals surface area contributed by atoms with Crippen molar-refractivity contribution in [1.29, 1.82) is 0 Å². The second-order valence-electron chi connectivity index (χ2n) is 8.66. The van der Waals surface area contributed by atoms with E-state index in [1.807, 2.05) is 48.5 Å². The number of nitrogens with zero attached hydrogens (tertiary/aromatic N) is 3. The molecule has 8 heteroatoms. The van der Waals surface area contributed by atoms with Gasteiger partial charge >= 0.3 is 0 Å². The summed E-state index contributed by atoms with van der Waals surface area (Å²) in [6.07, 6.45) is 4.33. The SMILES string of the molecule is N/C(=N\O)c1ccc(N2CCC(OCc3c(-c4ccccc4Cl)noc3C3CC3)CC2)cc1. The number of nitrogens with two attached hydrogens (primary N) is 1. The molecule has 0 unspecified atom stereocenters. The van der Waals surface area contributed by atoms with Gasteiger partial charge in [0.25, 0.3) is 0 Å². The Morgan fingerprint density at radius 1 is 1.12 bits per heavy atom. The summed E-state index contributed by atoms with van der Waals surface area (Å²) in [5, 5.41) is 16.9. The van der Waals surface area contributed by atoms with E-state index in [9.17, 15) is 0 Å². The quantitative estimate of drug-likeness (QED) is 0.216. The van der Waals surface area contributed by atoms with E-state index in [0.29, 0.717) is 23.1 Å². The summed E-state index contributed by atoms with van der Waals surface area (Å²) in [6.45, 7) is 2.29. The van der Waals surface area contributed by atoms with Crippen LogP contribution >= 0.6 is 11.6 Å². The number of hydrogen-bond donors (Lipinski definition) is 2. The molecule has 0 atom stereocenters. The minimum Gasteiger partial charge on any atom is -0.409 e. The Labute approximate surface area is 197 Å². The van der Waals surface area contributed by atoms with Crippen LogP contribution in [-0.2, 0) is 11.3 Å². The van der Waals surface area contributed by atoms with Crippen molar-refractivity contribution in [3.8, 4) is 11.3 Å². The maximum atomic E-state index is 8.82. The monoisotopic (exact) mass is 466 g/mol. The minimum atomic E-state index is 0.115. The Morgan fingerprint density at radius 3 is 2.52 bits per heavy atom. The Balaban J connectivity index is 1.23. The molecule has 5 rings (SSSR count). The fourth-order valence-corrected chi connectivity index (χ4v) is 4.60. The van der Waals surface area contributed by atoms with Gasteiger partial charge in [-0.1, -0.05) is 40.1 Å². The molecule has 3 aromatic rings. The highest BCUT2D eigenvalue weighted by molar-refractivity contribution is 6.33. The van der Waals surface area contributed by atoms with E-state index < -0.39 is 0 Å². The highest BCUT2D eigenvalue weighted by Gasteiger charge is 2.33. The Kier molecular flexibility index (Phi) is 6.24. The number of anilines is 1. The Bertz CT molecular complexity index is 1130. The number of amidine groups is 1. The van der Waals surface area contributed by atoms with E-state index in [0.717, 1.165) is 67.0 Å². The molecule has 1 aromatic heterocycles. The van der Waals surface area contributed by atoms with Gasteiger partial charge in [0.2, 0.25) is 0 Å². The maximum Gasteiger partial charge on any atom is 0.170 e. The van der Waals surface area contributed by atoms with Crippen LogP contribution in [0.4, 0.5) is 5.69 Å². The van der Waals surface area contributed by atoms with E-state index in [1.54, 1.807) is 0 Å². The maximum absolute atomic E-state index is 8.82. The zero-order chi connectivity index (χ0) is 22.8. The number of halogens is 1. The van der Waals surface area contributed by atoms with E-state index >= 15 is 0 Å². The van der Waals surface area contributed by atoms with Crippen LogP contribution in [-0.4, -0.2) is 35.4 Å². The molecule has 0 spiro atoms. The number of aromatic nitrogens is 1. The first kappa shape index (κ1) is 21.8. The molecule has 2 fully saturated rings. The van der Waals surface area contributed by atoms with Crippen molar-refractivity contribution >= 4 is 23.1 Å². The lowest BCUT2D eigenvalue weighted by Crippen LogP contribution is -2.37. The molecule has 2 heterocycles. The standard InChI is InChI=1S/C25H27ClN4O3/c26-22-4-2-1-3-20(22)23-21(24(33-29-23)16-5-6-16)15-32-19-11-13-30(14-12-19)18-9-7-17(8-10-18)25(27)28-31/h1-4,7-10,16,19,31H,5-6,11-15H2,(H2,27,28). The molecule has 0 amide bonds. The van der Waals surface area contributed by atoms with Crippen LogP contribution in [0.15, 0.2) is 58.2 Å². The fourth-order valence-electron chi connectivity index (χ4n) is 4.38. The van der Waals surface area contributed by atoms with Crippen molar-refractivity contribution in [3.63, 3.8) is 0 Å².